The molecular formula is C61H36N4O. The molecule has 11 aromatic carbocycles. The first-order chi connectivity index (χ1) is 32.7. The molecule has 3 heterocycles. The molecular weight excluding hydrogens is 805 g/mol. The van der Waals surface area contributed by atoms with E-state index >= 15 is 0 Å². The maximum Gasteiger partial charge on any atom is 0.164 e. The van der Waals surface area contributed by atoms with Crippen molar-refractivity contribution in [2.24, 2.45) is 0 Å². The van der Waals surface area contributed by atoms with E-state index in [0.717, 1.165) is 82.6 Å². The molecule has 66 heavy (non-hydrogen) atoms. The van der Waals surface area contributed by atoms with Crippen molar-refractivity contribution in [3.8, 4) is 51.0 Å². The van der Waals surface area contributed by atoms with Gasteiger partial charge in [0.2, 0.25) is 0 Å². The van der Waals surface area contributed by atoms with Crippen LogP contribution in [0.1, 0.15) is 0 Å². The summed E-state index contributed by atoms with van der Waals surface area (Å²) >= 11 is 0. The van der Waals surface area contributed by atoms with Crippen LogP contribution in [0.25, 0.3) is 138 Å². The second-order valence-corrected chi connectivity index (χ2v) is 17.1. The fourth-order valence-electron chi connectivity index (χ4n) is 10.3. The standard InChI is InChI=1S/C61H36N4O/c1-2-15-37(16-3-1)39-21-14-22-43(31-39)59-62-60(64-61(63-59)51-33-42-20-7-8-23-45(42)47-25-10-11-26-48(47)51)44-34-50-49-27-12-13-28-56(49)66-58(50)55(36-44)65-53-30-29-38-17-6-9-24-46(38)57(53)52-32-40-18-4-5-19-41(40)35-54(52)65/h1-36H. The number of benzene rings is 11. The number of rotatable bonds is 5. The maximum absolute atomic E-state index is 6.93. The van der Waals surface area contributed by atoms with Crippen LogP contribution in [0.15, 0.2) is 223 Å². The minimum atomic E-state index is 0.572. The zero-order valence-electron chi connectivity index (χ0n) is 35.5. The van der Waals surface area contributed by atoms with Crippen molar-refractivity contribution < 1.29 is 4.42 Å². The van der Waals surface area contributed by atoms with Gasteiger partial charge in [0.1, 0.15) is 5.58 Å². The van der Waals surface area contributed by atoms with Crippen LogP contribution in [0, 0.1) is 0 Å². The molecule has 0 atom stereocenters. The Labute approximate surface area is 378 Å². The lowest BCUT2D eigenvalue weighted by atomic mass is 9.96. The molecule has 0 N–H and O–H groups in total. The summed E-state index contributed by atoms with van der Waals surface area (Å²) in [7, 11) is 0. The van der Waals surface area contributed by atoms with Gasteiger partial charge in [-0.25, -0.2) is 15.0 Å². The summed E-state index contributed by atoms with van der Waals surface area (Å²) in [6.45, 7) is 0. The van der Waals surface area contributed by atoms with E-state index < -0.39 is 0 Å². The van der Waals surface area contributed by atoms with Crippen LogP contribution in [0.4, 0.5) is 0 Å². The lowest BCUT2D eigenvalue weighted by Crippen LogP contribution is -2.02. The van der Waals surface area contributed by atoms with Crippen molar-refractivity contribution in [2.45, 2.75) is 0 Å². The Kier molecular flexibility index (Phi) is 7.91. The molecule has 14 aromatic rings. The van der Waals surface area contributed by atoms with Gasteiger partial charge in [0.15, 0.2) is 23.1 Å². The third-order valence-electron chi connectivity index (χ3n) is 13.4. The fourth-order valence-corrected chi connectivity index (χ4v) is 10.3. The van der Waals surface area contributed by atoms with E-state index in [9.17, 15) is 0 Å². The summed E-state index contributed by atoms with van der Waals surface area (Å²) < 4.78 is 9.32. The summed E-state index contributed by atoms with van der Waals surface area (Å²) in [4.78, 5) is 16.2. The SMILES string of the molecule is c1ccc(-c2cccc(-c3nc(-c4cc(-n5c6cc7ccccc7cc6c6c7ccccc7ccc65)c5oc6ccccc6c5c4)nc(-c4cc5ccccc5c5ccccc45)n3)c2)cc1. The summed E-state index contributed by atoms with van der Waals surface area (Å²) in [6.07, 6.45) is 0. The Balaban J connectivity index is 1.09. The van der Waals surface area contributed by atoms with Crippen LogP contribution in [-0.2, 0) is 0 Å². The first-order valence-electron chi connectivity index (χ1n) is 22.3. The highest BCUT2D eigenvalue weighted by Crippen LogP contribution is 2.44. The quantitative estimate of drug-likeness (QED) is 0.162. The second-order valence-electron chi connectivity index (χ2n) is 17.1. The fraction of sp³-hybridized carbons (Fsp3) is 0. The van der Waals surface area contributed by atoms with Crippen LogP contribution in [-0.4, -0.2) is 19.5 Å². The Morgan fingerprint density at radius 3 is 1.77 bits per heavy atom. The smallest absolute Gasteiger partial charge is 0.164 e. The Hall–Kier alpha value is -8.93. The average molecular weight is 841 g/mol. The molecule has 5 nitrogen and oxygen atoms in total. The third kappa shape index (κ3) is 5.63. The van der Waals surface area contributed by atoms with Crippen LogP contribution in [0.5, 0.6) is 0 Å². The van der Waals surface area contributed by atoms with E-state index in [-0.39, 0.29) is 0 Å². The molecule has 0 fully saturated rings. The van der Waals surface area contributed by atoms with Gasteiger partial charge in [0, 0.05) is 38.2 Å². The summed E-state index contributed by atoms with van der Waals surface area (Å²) in [5.74, 6) is 1.77. The number of nitrogens with zero attached hydrogens (tertiary/aromatic N) is 4. The zero-order chi connectivity index (χ0) is 43.3. The second kappa shape index (κ2) is 14.3. The number of aromatic nitrogens is 4. The lowest BCUT2D eigenvalue weighted by molar-refractivity contribution is 0.666. The minimum absolute atomic E-state index is 0.572. The average Bonchev–Trinajstić information content (AvgIpc) is 3.93. The van der Waals surface area contributed by atoms with Crippen molar-refractivity contribution in [1.82, 2.24) is 19.5 Å². The molecule has 0 radical (unpaired) electrons. The van der Waals surface area contributed by atoms with E-state index in [1.807, 2.05) is 12.1 Å². The Bertz CT molecular complexity index is 4300. The van der Waals surface area contributed by atoms with Crippen LogP contribution in [0.2, 0.25) is 0 Å². The van der Waals surface area contributed by atoms with Gasteiger partial charge >= 0.3 is 0 Å². The van der Waals surface area contributed by atoms with Gasteiger partial charge in [-0.2, -0.15) is 0 Å². The number of para-hydroxylation sites is 1. The van der Waals surface area contributed by atoms with Crippen molar-refractivity contribution >= 4 is 86.8 Å². The topological polar surface area (TPSA) is 56.7 Å². The molecule has 0 aliphatic carbocycles. The summed E-state index contributed by atoms with van der Waals surface area (Å²) in [6, 6.07) is 77.5. The highest BCUT2D eigenvalue weighted by atomic mass is 16.3. The van der Waals surface area contributed by atoms with Gasteiger partial charge < -0.3 is 8.98 Å². The maximum atomic E-state index is 6.93. The molecule has 0 aliphatic rings. The van der Waals surface area contributed by atoms with Crippen LogP contribution in [0.3, 0.4) is 0 Å². The van der Waals surface area contributed by atoms with E-state index in [1.54, 1.807) is 0 Å². The van der Waals surface area contributed by atoms with Gasteiger partial charge in [-0.3, -0.25) is 0 Å². The van der Waals surface area contributed by atoms with Gasteiger partial charge in [-0.05, 0) is 103 Å². The van der Waals surface area contributed by atoms with Crippen molar-refractivity contribution in [1.29, 1.82) is 0 Å². The molecule has 5 heteroatoms. The number of furan rings is 1. The molecule has 0 saturated carbocycles. The summed E-state index contributed by atoms with van der Waals surface area (Å²) in [5.41, 5.74) is 9.64. The van der Waals surface area contributed by atoms with E-state index in [4.69, 9.17) is 19.4 Å². The molecule has 3 aromatic heterocycles. The van der Waals surface area contributed by atoms with Crippen LogP contribution < -0.4 is 0 Å². The van der Waals surface area contributed by atoms with Gasteiger partial charge in [-0.1, -0.05) is 170 Å². The predicted octanol–water partition coefficient (Wildman–Crippen LogP) is 16.1. The predicted molar refractivity (Wildman–Crippen MR) is 273 cm³/mol. The highest BCUT2D eigenvalue weighted by Gasteiger charge is 2.23. The molecule has 0 saturated heterocycles. The Morgan fingerprint density at radius 2 is 0.939 bits per heavy atom. The normalized spacial score (nSPS) is 11.9. The van der Waals surface area contributed by atoms with E-state index in [0.29, 0.717) is 17.5 Å². The van der Waals surface area contributed by atoms with Crippen molar-refractivity contribution in [3.05, 3.63) is 218 Å². The van der Waals surface area contributed by atoms with Gasteiger partial charge in [0.05, 0.1) is 16.7 Å². The highest BCUT2D eigenvalue weighted by molar-refractivity contribution is 6.24. The number of hydrogen-bond donors (Lipinski definition) is 0. The molecule has 0 aliphatic heterocycles. The zero-order valence-corrected chi connectivity index (χ0v) is 35.5. The molecule has 306 valence electrons. The molecule has 0 bridgehead atoms. The summed E-state index contributed by atoms with van der Waals surface area (Å²) in [5, 5.41) is 13.7. The first-order valence-corrected chi connectivity index (χ1v) is 22.3. The van der Waals surface area contributed by atoms with E-state index in [2.05, 4.69) is 211 Å². The van der Waals surface area contributed by atoms with Gasteiger partial charge in [-0.15, -0.1) is 0 Å². The lowest BCUT2D eigenvalue weighted by Gasteiger charge is -2.14. The molecule has 0 unspecified atom stereocenters. The van der Waals surface area contributed by atoms with Crippen molar-refractivity contribution in [3.63, 3.8) is 0 Å². The molecule has 14 rings (SSSR count). The monoisotopic (exact) mass is 840 g/mol. The van der Waals surface area contributed by atoms with Crippen molar-refractivity contribution in [2.75, 3.05) is 0 Å². The molecule has 0 amide bonds. The largest absolute Gasteiger partial charge is 0.454 e. The minimum Gasteiger partial charge on any atom is -0.454 e. The first kappa shape index (κ1) is 36.5. The van der Waals surface area contributed by atoms with E-state index in [1.165, 1.54) is 37.7 Å². The number of fused-ring (bicyclic) bond motifs is 12. The van der Waals surface area contributed by atoms with Crippen LogP contribution >= 0.6 is 0 Å². The Morgan fingerprint density at radius 1 is 0.318 bits per heavy atom. The third-order valence-corrected chi connectivity index (χ3v) is 13.4. The number of hydrogen-bond acceptors (Lipinski definition) is 4. The van der Waals surface area contributed by atoms with Gasteiger partial charge in [0.25, 0.3) is 0 Å². The molecule has 0 spiro atoms.